The molecule has 2 aliphatic heterocycles. The number of carbonyl (C=O) groups excluding carboxylic acids is 4. The number of esters is 1. The quantitative estimate of drug-likeness (QED) is 0.198. The minimum absolute atomic E-state index is 0.199. The van der Waals surface area contributed by atoms with Gasteiger partial charge in [-0.2, -0.15) is 0 Å². The van der Waals surface area contributed by atoms with Crippen LogP contribution in [0.3, 0.4) is 0 Å². The van der Waals surface area contributed by atoms with Crippen molar-refractivity contribution in [1.29, 1.82) is 0 Å². The first-order chi connectivity index (χ1) is 22.6. The third kappa shape index (κ3) is 5.89. The van der Waals surface area contributed by atoms with E-state index in [1.165, 1.54) is 67.3 Å². The third-order valence-electron chi connectivity index (χ3n) is 7.88. The maximum absolute atomic E-state index is 14.2. The highest BCUT2D eigenvalue weighted by Gasteiger charge is 2.57. The minimum Gasteiger partial charge on any atom is -0.493 e. The van der Waals surface area contributed by atoms with Gasteiger partial charge in [-0.05, 0) is 73.2 Å². The molecule has 242 valence electrons. The average molecular weight is 678 g/mol. The summed E-state index contributed by atoms with van der Waals surface area (Å²) in [4.78, 5) is 68.1. The van der Waals surface area contributed by atoms with Gasteiger partial charge in [0.05, 0.1) is 43.0 Å². The van der Waals surface area contributed by atoms with E-state index in [4.69, 9.17) is 14.2 Å². The molecule has 14 heteroatoms. The number of thioether (sulfide) groups is 1. The number of fused-ring (bicyclic) bond motifs is 2. The molecule has 11 nitrogen and oxygen atoms in total. The van der Waals surface area contributed by atoms with Gasteiger partial charge in [0.1, 0.15) is 17.6 Å². The predicted octanol–water partition coefficient (Wildman–Crippen LogP) is 4.68. The van der Waals surface area contributed by atoms with Crippen LogP contribution < -0.4 is 24.6 Å². The number of benzene rings is 3. The highest BCUT2D eigenvalue weighted by Crippen LogP contribution is 2.54. The van der Waals surface area contributed by atoms with Crippen molar-refractivity contribution in [2.24, 2.45) is 5.92 Å². The number of ether oxygens (including phenoxy) is 3. The number of hydrogen-bond donors (Lipinski definition) is 1. The van der Waals surface area contributed by atoms with Crippen LogP contribution in [0, 0.1) is 11.7 Å². The van der Waals surface area contributed by atoms with Gasteiger partial charge >= 0.3 is 10.8 Å². The zero-order valence-corrected chi connectivity index (χ0v) is 27.0. The van der Waals surface area contributed by atoms with Crippen LogP contribution in [0.15, 0.2) is 76.6 Å². The highest BCUT2D eigenvalue weighted by atomic mass is 32.2. The summed E-state index contributed by atoms with van der Waals surface area (Å²) in [6.07, 6.45) is 0. The lowest BCUT2D eigenvalue weighted by molar-refractivity contribution is -0.122. The fourth-order valence-corrected chi connectivity index (χ4v) is 8.53. The Balaban J connectivity index is 1.40. The van der Waals surface area contributed by atoms with E-state index >= 15 is 0 Å². The molecule has 1 N–H and O–H groups in total. The summed E-state index contributed by atoms with van der Waals surface area (Å²) in [6, 6.07) is 16.4. The Morgan fingerprint density at radius 1 is 0.915 bits per heavy atom. The average Bonchev–Trinajstić information content (AvgIpc) is 3.51. The van der Waals surface area contributed by atoms with Gasteiger partial charge in [0.15, 0.2) is 11.5 Å². The number of halogens is 1. The Hall–Kier alpha value is -4.95. The Labute approximate surface area is 276 Å². The van der Waals surface area contributed by atoms with E-state index in [-0.39, 0.29) is 24.4 Å². The monoisotopic (exact) mass is 677 g/mol. The van der Waals surface area contributed by atoms with Crippen molar-refractivity contribution in [3.8, 4) is 11.5 Å². The van der Waals surface area contributed by atoms with Gasteiger partial charge in [-0.1, -0.05) is 29.2 Å². The van der Waals surface area contributed by atoms with Crippen LogP contribution >= 0.6 is 23.1 Å². The number of aromatic nitrogens is 1. The van der Waals surface area contributed by atoms with E-state index in [9.17, 15) is 28.4 Å². The van der Waals surface area contributed by atoms with Gasteiger partial charge in [-0.15, -0.1) is 0 Å². The van der Waals surface area contributed by atoms with Crippen molar-refractivity contribution in [2.45, 2.75) is 29.7 Å². The van der Waals surface area contributed by atoms with Crippen molar-refractivity contribution in [3.63, 3.8) is 0 Å². The van der Waals surface area contributed by atoms with E-state index in [1.807, 2.05) is 0 Å². The molecular weight excluding hydrogens is 650 g/mol. The zero-order chi connectivity index (χ0) is 33.4. The lowest BCUT2D eigenvalue weighted by atomic mass is 9.83. The van der Waals surface area contributed by atoms with Gasteiger partial charge in [0.25, 0.3) is 0 Å². The summed E-state index contributed by atoms with van der Waals surface area (Å²) >= 11 is 1.97. The highest BCUT2D eigenvalue weighted by molar-refractivity contribution is 8.00. The summed E-state index contributed by atoms with van der Waals surface area (Å²) in [6.45, 7) is 1.52. The van der Waals surface area contributed by atoms with Crippen LogP contribution in [0.4, 0.5) is 15.8 Å². The third-order valence-corrected chi connectivity index (χ3v) is 10.5. The molecule has 0 saturated carbocycles. The van der Waals surface area contributed by atoms with E-state index < -0.39 is 51.5 Å². The molecule has 0 spiro atoms. The molecule has 1 aromatic heterocycles. The molecule has 3 amide bonds. The van der Waals surface area contributed by atoms with Crippen LogP contribution in [-0.2, 0) is 25.7 Å². The molecule has 1 fully saturated rings. The molecule has 47 heavy (non-hydrogen) atoms. The Morgan fingerprint density at radius 3 is 2.28 bits per heavy atom. The second-order valence-electron chi connectivity index (χ2n) is 10.6. The topological polar surface area (TPSA) is 133 Å². The second-order valence-corrected chi connectivity index (χ2v) is 12.7. The molecule has 2 unspecified atom stereocenters. The SMILES string of the molecule is CCOC(=O)c1ccc(N2C(=O)C3Sc4c(sc(=O)n4CC(=O)Nc4ccc(F)cc4)[C@@H](c4ccc(OC)c(OC)c4)C3C2=O)cc1. The first-order valence-corrected chi connectivity index (χ1v) is 16.2. The normalized spacial score (nSPS) is 18.4. The number of nitrogens with zero attached hydrogens (tertiary/aromatic N) is 2. The number of imide groups is 1. The fraction of sp³-hybridized carbons (Fsp3) is 0.242. The van der Waals surface area contributed by atoms with E-state index in [1.54, 1.807) is 25.1 Å². The number of anilines is 2. The molecule has 0 aliphatic carbocycles. The molecule has 3 atom stereocenters. The van der Waals surface area contributed by atoms with Crippen molar-refractivity contribution < 1.29 is 37.8 Å². The van der Waals surface area contributed by atoms with Gasteiger partial charge in [-0.25, -0.2) is 14.1 Å². The number of thiazole rings is 1. The zero-order valence-electron chi connectivity index (χ0n) is 25.4. The lowest BCUT2D eigenvalue weighted by Gasteiger charge is -2.31. The molecule has 0 radical (unpaired) electrons. The van der Waals surface area contributed by atoms with Crippen molar-refractivity contribution >= 4 is 58.2 Å². The number of rotatable bonds is 9. The number of amides is 3. The van der Waals surface area contributed by atoms with Crippen LogP contribution in [0.2, 0.25) is 0 Å². The molecule has 3 aromatic carbocycles. The lowest BCUT2D eigenvalue weighted by Crippen LogP contribution is -2.33. The summed E-state index contributed by atoms with van der Waals surface area (Å²) in [5.41, 5.74) is 1.53. The van der Waals surface area contributed by atoms with Crippen molar-refractivity contribution in [3.05, 3.63) is 98.2 Å². The summed E-state index contributed by atoms with van der Waals surface area (Å²) in [5.74, 6) is -3.26. The van der Waals surface area contributed by atoms with Gasteiger partial charge in [0.2, 0.25) is 17.7 Å². The smallest absolute Gasteiger partial charge is 0.338 e. The van der Waals surface area contributed by atoms with Crippen LogP contribution in [0.1, 0.15) is 33.6 Å². The van der Waals surface area contributed by atoms with Crippen LogP contribution in [0.25, 0.3) is 0 Å². The van der Waals surface area contributed by atoms with Gasteiger partial charge in [0, 0.05) is 16.5 Å². The van der Waals surface area contributed by atoms with Crippen LogP contribution in [-0.4, -0.2) is 54.3 Å². The molecule has 4 aromatic rings. The fourth-order valence-electron chi connectivity index (χ4n) is 5.75. The molecule has 6 rings (SSSR count). The van der Waals surface area contributed by atoms with Crippen molar-refractivity contribution in [1.82, 2.24) is 4.57 Å². The summed E-state index contributed by atoms with van der Waals surface area (Å²) < 4.78 is 30.6. The molecule has 3 heterocycles. The Bertz CT molecular complexity index is 1940. The number of carbonyl (C=O) groups is 4. The molecule has 1 saturated heterocycles. The summed E-state index contributed by atoms with van der Waals surface area (Å²) in [5, 5.41) is 2.13. The minimum atomic E-state index is -0.932. The maximum atomic E-state index is 14.2. The van der Waals surface area contributed by atoms with Crippen LogP contribution in [0.5, 0.6) is 11.5 Å². The maximum Gasteiger partial charge on any atom is 0.338 e. The molecular formula is C33H28FN3O8S2. The largest absolute Gasteiger partial charge is 0.493 e. The van der Waals surface area contributed by atoms with E-state index in [0.717, 1.165) is 28.0 Å². The Morgan fingerprint density at radius 2 is 1.62 bits per heavy atom. The standard InChI is InChI=1S/C33H28FN3O8S2/c1-4-45-32(41)17-5-12-21(13-6-17)37-29(39)26-25(18-7-14-22(43-2)23(15-18)44-3)28-31(46-27(26)30(37)40)36(33(42)47-28)16-24(38)35-20-10-8-19(34)9-11-20/h5-15,25-27H,4,16H2,1-3H3,(H,35,38)/t25-,26?,27?/m0/s1. The van der Waals surface area contributed by atoms with Gasteiger partial charge in [-0.3, -0.25) is 23.7 Å². The molecule has 0 bridgehead atoms. The number of hydrogen-bond acceptors (Lipinski definition) is 10. The van der Waals surface area contributed by atoms with Gasteiger partial charge < -0.3 is 19.5 Å². The second kappa shape index (κ2) is 13.0. The van der Waals surface area contributed by atoms with Crippen molar-refractivity contribution in [2.75, 3.05) is 31.0 Å². The van der Waals surface area contributed by atoms with E-state index in [0.29, 0.717) is 32.7 Å². The number of methoxy groups -OCH3 is 2. The Kier molecular flexibility index (Phi) is 8.88. The predicted molar refractivity (Wildman–Crippen MR) is 173 cm³/mol. The number of nitrogens with one attached hydrogen (secondary N) is 1. The summed E-state index contributed by atoms with van der Waals surface area (Å²) in [7, 11) is 2.98. The first-order valence-electron chi connectivity index (χ1n) is 14.5. The molecule has 2 aliphatic rings. The first kappa shape index (κ1) is 32.0. The van der Waals surface area contributed by atoms with E-state index in [2.05, 4.69) is 5.32 Å².